The maximum atomic E-state index is 13.5. The lowest BCUT2D eigenvalue weighted by Crippen LogP contribution is -2.31. The topological polar surface area (TPSA) is 81.4 Å². The predicted octanol–water partition coefficient (Wildman–Crippen LogP) is 1.31. The highest BCUT2D eigenvalue weighted by Gasteiger charge is 2.19. The highest BCUT2D eigenvalue weighted by atomic mass is 32.2. The van der Waals surface area contributed by atoms with Gasteiger partial charge in [-0.2, -0.15) is 0 Å². The molecule has 0 aliphatic rings. The summed E-state index contributed by atoms with van der Waals surface area (Å²) in [5.41, 5.74) is 5.44. The van der Waals surface area contributed by atoms with Crippen molar-refractivity contribution in [1.82, 2.24) is 0 Å². The van der Waals surface area contributed by atoms with Crippen LogP contribution in [-0.2, 0) is 10.0 Å². The molecule has 1 atom stereocenters. The van der Waals surface area contributed by atoms with Crippen LogP contribution in [0, 0.1) is 5.82 Å². The Morgan fingerprint density at radius 3 is 2.67 bits per heavy atom. The first-order valence-electron chi connectivity index (χ1n) is 5.54. The summed E-state index contributed by atoms with van der Waals surface area (Å²) >= 11 is 0. The maximum Gasteiger partial charge on any atom is 0.236 e. The third-order valence-corrected chi connectivity index (χ3v) is 4.13. The van der Waals surface area contributed by atoms with Crippen molar-refractivity contribution in [2.24, 2.45) is 5.73 Å². The fourth-order valence-electron chi connectivity index (χ4n) is 1.23. The van der Waals surface area contributed by atoms with Crippen molar-refractivity contribution in [3.63, 3.8) is 0 Å². The molecule has 0 fully saturated rings. The molecule has 0 saturated heterocycles. The summed E-state index contributed by atoms with van der Waals surface area (Å²) in [5, 5.41) is -0.743. The van der Waals surface area contributed by atoms with Crippen LogP contribution in [0.1, 0.15) is 13.8 Å². The van der Waals surface area contributed by atoms with E-state index >= 15 is 0 Å². The van der Waals surface area contributed by atoms with Gasteiger partial charge in [-0.05, 0) is 26.0 Å². The highest BCUT2D eigenvalue weighted by molar-refractivity contribution is 7.93. The number of anilines is 1. The van der Waals surface area contributed by atoms with Crippen molar-refractivity contribution in [3.05, 3.63) is 24.0 Å². The average molecular weight is 276 g/mol. The fourth-order valence-corrected chi connectivity index (χ4v) is 2.14. The summed E-state index contributed by atoms with van der Waals surface area (Å²) in [4.78, 5) is 0. The summed E-state index contributed by atoms with van der Waals surface area (Å²) in [6.45, 7) is 3.55. The molecule has 1 aromatic rings. The van der Waals surface area contributed by atoms with E-state index in [2.05, 4.69) is 4.72 Å². The SMILES string of the molecule is CCOc1ccc(NS(=O)(=O)C(C)CN)cc1F. The third-order valence-electron chi connectivity index (χ3n) is 2.35. The zero-order valence-corrected chi connectivity index (χ0v) is 11.1. The molecule has 0 bridgehead atoms. The van der Waals surface area contributed by atoms with Crippen LogP contribution >= 0.6 is 0 Å². The van der Waals surface area contributed by atoms with Gasteiger partial charge in [0.25, 0.3) is 0 Å². The molecule has 0 aliphatic carbocycles. The Labute approximate surface area is 106 Å². The molecular weight excluding hydrogens is 259 g/mol. The molecular formula is C11H17FN2O3S. The molecule has 0 aromatic heterocycles. The van der Waals surface area contributed by atoms with E-state index < -0.39 is 21.1 Å². The average Bonchev–Trinajstić information content (AvgIpc) is 2.31. The van der Waals surface area contributed by atoms with Crippen LogP contribution in [-0.4, -0.2) is 26.8 Å². The zero-order valence-electron chi connectivity index (χ0n) is 10.3. The third kappa shape index (κ3) is 3.58. The van der Waals surface area contributed by atoms with Gasteiger partial charge in [-0.3, -0.25) is 4.72 Å². The van der Waals surface area contributed by atoms with Crippen LogP contribution in [0.3, 0.4) is 0 Å². The molecule has 1 unspecified atom stereocenters. The standard InChI is InChI=1S/C11H17FN2O3S/c1-3-17-11-5-4-9(6-10(11)12)14-18(15,16)8(2)7-13/h4-6,8,14H,3,7,13H2,1-2H3. The Hall–Kier alpha value is -1.34. The molecule has 18 heavy (non-hydrogen) atoms. The van der Waals surface area contributed by atoms with Crippen LogP contribution in [0.15, 0.2) is 18.2 Å². The number of benzene rings is 1. The molecule has 0 saturated carbocycles. The van der Waals surface area contributed by atoms with Crippen molar-refractivity contribution in [1.29, 1.82) is 0 Å². The number of sulfonamides is 1. The summed E-state index contributed by atoms with van der Waals surface area (Å²) in [6.07, 6.45) is 0. The molecule has 3 N–H and O–H groups in total. The minimum absolute atomic E-state index is 0.00511. The van der Waals surface area contributed by atoms with Gasteiger partial charge in [0.05, 0.1) is 17.5 Å². The van der Waals surface area contributed by atoms with Crippen LogP contribution in [0.4, 0.5) is 10.1 Å². The Kier molecular flexibility index (Phi) is 4.92. The van der Waals surface area contributed by atoms with E-state index in [1.54, 1.807) is 6.92 Å². The van der Waals surface area contributed by atoms with Gasteiger partial charge in [0.1, 0.15) is 0 Å². The van der Waals surface area contributed by atoms with E-state index in [0.717, 1.165) is 6.07 Å². The largest absolute Gasteiger partial charge is 0.491 e. The van der Waals surface area contributed by atoms with Crippen molar-refractivity contribution in [2.45, 2.75) is 19.1 Å². The Bertz CT molecular complexity index is 505. The molecule has 0 amide bonds. The van der Waals surface area contributed by atoms with Crippen LogP contribution in [0.5, 0.6) is 5.75 Å². The molecule has 0 aliphatic heterocycles. The van der Waals surface area contributed by atoms with E-state index in [0.29, 0.717) is 6.61 Å². The van der Waals surface area contributed by atoms with Crippen molar-refractivity contribution >= 4 is 15.7 Å². The van der Waals surface area contributed by atoms with Gasteiger partial charge in [0.2, 0.25) is 10.0 Å². The van der Waals surface area contributed by atoms with Crippen molar-refractivity contribution in [3.8, 4) is 5.75 Å². The number of ether oxygens (including phenoxy) is 1. The van der Waals surface area contributed by atoms with Gasteiger partial charge in [0, 0.05) is 12.6 Å². The summed E-state index contributed by atoms with van der Waals surface area (Å²) in [5.74, 6) is -0.523. The molecule has 1 aromatic carbocycles. The van der Waals surface area contributed by atoms with E-state index in [1.807, 2.05) is 0 Å². The summed E-state index contributed by atoms with van der Waals surface area (Å²) < 4.78 is 44.2. The van der Waals surface area contributed by atoms with Crippen molar-refractivity contribution < 1.29 is 17.5 Å². The zero-order chi connectivity index (χ0) is 13.8. The molecule has 0 spiro atoms. The number of hydrogen-bond acceptors (Lipinski definition) is 4. The van der Waals surface area contributed by atoms with Gasteiger partial charge in [-0.25, -0.2) is 12.8 Å². The van der Waals surface area contributed by atoms with E-state index in [1.165, 1.54) is 19.1 Å². The number of nitrogens with two attached hydrogens (primary N) is 1. The second kappa shape index (κ2) is 6.01. The van der Waals surface area contributed by atoms with Crippen LogP contribution in [0.2, 0.25) is 0 Å². The van der Waals surface area contributed by atoms with Gasteiger partial charge >= 0.3 is 0 Å². The Morgan fingerprint density at radius 1 is 1.50 bits per heavy atom. The van der Waals surface area contributed by atoms with Gasteiger partial charge in [-0.1, -0.05) is 0 Å². The second-order valence-electron chi connectivity index (χ2n) is 3.77. The minimum Gasteiger partial charge on any atom is -0.491 e. The van der Waals surface area contributed by atoms with Gasteiger partial charge in [0.15, 0.2) is 11.6 Å². The highest BCUT2D eigenvalue weighted by Crippen LogP contribution is 2.22. The molecule has 5 nitrogen and oxygen atoms in total. The summed E-state index contributed by atoms with van der Waals surface area (Å²) in [7, 11) is -3.59. The smallest absolute Gasteiger partial charge is 0.236 e. The molecule has 1 rings (SSSR count). The number of halogens is 1. The minimum atomic E-state index is -3.59. The molecule has 0 radical (unpaired) electrons. The number of rotatable bonds is 6. The first-order chi connectivity index (χ1) is 8.40. The number of nitrogens with one attached hydrogen (secondary N) is 1. The van der Waals surface area contributed by atoms with Gasteiger partial charge < -0.3 is 10.5 Å². The monoisotopic (exact) mass is 276 g/mol. The first-order valence-corrected chi connectivity index (χ1v) is 7.09. The second-order valence-corrected chi connectivity index (χ2v) is 5.87. The lowest BCUT2D eigenvalue weighted by molar-refractivity contribution is 0.321. The molecule has 102 valence electrons. The fraction of sp³-hybridized carbons (Fsp3) is 0.455. The van der Waals surface area contributed by atoms with Crippen LogP contribution < -0.4 is 15.2 Å². The van der Waals surface area contributed by atoms with E-state index in [4.69, 9.17) is 10.5 Å². The molecule has 7 heteroatoms. The van der Waals surface area contributed by atoms with Crippen molar-refractivity contribution in [2.75, 3.05) is 17.9 Å². The van der Waals surface area contributed by atoms with E-state index in [-0.39, 0.29) is 18.0 Å². The number of hydrogen-bond donors (Lipinski definition) is 2. The summed E-state index contributed by atoms with van der Waals surface area (Å²) in [6, 6.07) is 3.89. The van der Waals surface area contributed by atoms with Gasteiger partial charge in [-0.15, -0.1) is 0 Å². The molecule has 0 heterocycles. The van der Waals surface area contributed by atoms with E-state index in [9.17, 15) is 12.8 Å². The predicted molar refractivity (Wildman–Crippen MR) is 68.6 cm³/mol. The maximum absolute atomic E-state index is 13.5. The normalized spacial score (nSPS) is 13.1. The Balaban J connectivity index is 2.90. The lowest BCUT2D eigenvalue weighted by atomic mass is 10.3. The van der Waals surface area contributed by atoms with Crippen LogP contribution in [0.25, 0.3) is 0 Å². The first kappa shape index (κ1) is 14.7. The quantitative estimate of drug-likeness (QED) is 0.821. The lowest BCUT2D eigenvalue weighted by Gasteiger charge is -2.13. The Morgan fingerprint density at radius 2 is 2.17 bits per heavy atom.